The second-order valence-corrected chi connectivity index (χ2v) is 6.60. The maximum Gasteiger partial charge on any atom is 0.191 e. The van der Waals surface area contributed by atoms with Crippen molar-refractivity contribution < 1.29 is 4.39 Å². The van der Waals surface area contributed by atoms with E-state index in [-0.39, 0.29) is 5.82 Å². The number of hydrogen-bond acceptors (Lipinski definition) is 3. The van der Waals surface area contributed by atoms with E-state index >= 15 is 0 Å². The van der Waals surface area contributed by atoms with Gasteiger partial charge in [-0.2, -0.15) is 0 Å². The molecule has 0 aliphatic heterocycles. The smallest absolute Gasteiger partial charge is 0.191 e. The van der Waals surface area contributed by atoms with Crippen LogP contribution in [0.5, 0.6) is 0 Å². The van der Waals surface area contributed by atoms with Crippen molar-refractivity contribution in [3.05, 3.63) is 78.4 Å². The minimum absolute atomic E-state index is 0.226. The third kappa shape index (κ3) is 4.43. The molecule has 3 N–H and O–H groups in total. The first-order chi connectivity index (χ1) is 14.2. The minimum atomic E-state index is -0.226. The highest BCUT2D eigenvalue weighted by Gasteiger charge is 2.06. The van der Waals surface area contributed by atoms with E-state index in [4.69, 9.17) is 0 Å². The second-order valence-electron chi connectivity index (χ2n) is 6.60. The number of fused-ring (bicyclic) bond motifs is 1. The summed E-state index contributed by atoms with van der Waals surface area (Å²) in [5.74, 6) is 1.30. The molecule has 3 heterocycles. The van der Waals surface area contributed by atoms with E-state index in [2.05, 4.69) is 30.6 Å². The first-order valence-electron chi connectivity index (χ1n) is 9.36. The summed E-state index contributed by atoms with van der Waals surface area (Å²) in [7, 11) is 1.73. The largest absolute Gasteiger partial charge is 0.361 e. The van der Waals surface area contributed by atoms with Crippen molar-refractivity contribution in [2.24, 2.45) is 4.99 Å². The van der Waals surface area contributed by atoms with Gasteiger partial charge in [0.2, 0.25) is 0 Å². The molecular weight excluding hydrogens is 369 g/mol. The van der Waals surface area contributed by atoms with Crippen LogP contribution < -0.4 is 10.6 Å². The van der Waals surface area contributed by atoms with Crippen molar-refractivity contribution in [3.63, 3.8) is 0 Å². The Labute approximate surface area is 167 Å². The van der Waals surface area contributed by atoms with Gasteiger partial charge in [-0.15, -0.1) is 0 Å². The Hall–Kier alpha value is -3.68. The zero-order valence-corrected chi connectivity index (χ0v) is 16.1. The lowest BCUT2D eigenvalue weighted by atomic mass is 10.1. The van der Waals surface area contributed by atoms with Gasteiger partial charge in [0.1, 0.15) is 18.0 Å². The number of aliphatic imine (C=N–C) groups is 1. The molecule has 1 aromatic carbocycles. The number of aromatic amines is 1. The van der Waals surface area contributed by atoms with Crippen LogP contribution in [0.1, 0.15) is 11.1 Å². The molecule has 0 aliphatic carbocycles. The van der Waals surface area contributed by atoms with E-state index in [1.807, 2.05) is 35.3 Å². The number of aromatic nitrogens is 4. The van der Waals surface area contributed by atoms with Crippen LogP contribution in [-0.4, -0.2) is 39.1 Å². The highest BCUT2D eigenvalue weighted by Crippen LogP contribution is 2.19. The standard InChI is InChI=1S/C21H22FN7/c1-23-21(25-7-6-16-13-26-19-4-3-17(22)10-18(16)19)28-12-15-2-5-20(27-11-15)29-9-8-24-14-29/h2-5,8-11,13-14,26H,6-7,12H2,1H3,(H2,23,25,28). The molecule has 4 aromatic rings. The summed E-state index contributed by atoms with van der Waals surface area (Å²) < 4.78 is 15.4. The minimum Gasteiger partial charge on any atom is -0.361 e. The Morgan fingerprint density at radius 2 is 2.17 bits per heavy atom. The van der Waals surface area contributed by atoms with Gasteiger partial charge < -0.3 is 15.6 Å². The lowest BCUT2D eigenvalue weighted by Crippen LogP contribution is -2.37. The van der Waals surface area contributed by atoms with Crippen molar-refractivity contribution in [1.82, 2.24) is 30.2 Å². The molecule has 4 rings (SSSR count). The Morgan fingerprint density at radius 1 is 1.24 bits per heavy atom. The monoisotopic (exact) mass is 391 g/mol. The van der Waals surface area contributed by atoms with E-state index in [9.17, 15) is 4.39 Å². The third-order valence-electron chi connectivity index (χ3n) is 4.68. The number of nitrogens with one attached hydrogen (secondary N) is 3. The molecule has 3 aromatic heterocycles. The van der Waals surface area contributed by atoms with E-state index in [0.717, 1.165) is 34.3 Å². The highest BCUT2D eigenvalue weighted by atomic mass is 19.1. The number of guanidine groups is 1. The summed E-state index contributed by atoms with van der Waals surface area (Å²) in [5, 5.41) is 7.48. The number of H-pyrrole nitrogens is 1. The van der Waals surface area contributed by atoms with Gasteiger partial charge in [0.25, 0.3) is 0 Å². The Balaban J connectivity index is 1.29. The Bertz CT molecular complexity index is 1100. The molecule has 0 saturated heterocycles. The van der Waals surface area contributed by atoms with Gasteiger partial charge in [-0.1, -0.05) is 6.07 Å². The number of hydrogen-bond donors (Lipinski definition) is 3. The van der Waals surface area contributed by atoms with Gasteiger partial charge in [-0.3, -0.25) is 9.56 Å². The maximum absolute atomic E-state index is 13.5. The van der Waals surface area contributed by atoms with Gasteiger partial charge in [-0.25, -0.2) is 14.4 Å². The zero-order chi connectivity index (χ0) is 20.1. The number of nitrogens with zero attached hydrogens (tertiary/aromatic N) is 4. The Morgan fingerprint density at radius 3 is 2.93 bits per heavy atom. The average molecular weight is 391 g/mol. The predicted octanol–water partition coefficient (Wildman–Crippen LogP) is 2.80. The molecular formula is C21H22FN7. The molecule has 0 radical (unpaired) electrons. The van der Waals surface area contributed by atoms with Gasteiger partial charge in [0.05, 0.1) is 0 Å². The van der Waals surface area contributed by atoms with Crippen LogP contribution in [0, 0.1) is 5.82 Å². The fourth-order valence-corrected chi connectivity index (χ4v) is 3.15. The molecule has 0 saturated carbocycles. The van der Waals surface area contributed by atoms with Crippen LogP contribution in [0.4, 0.5) is 4.39 Å². The highest BCUT2D eigenvalue weighted by molar-refractivity contribution is 5.83. The van der Waals surface area contributed by atoms with Crippen LogP contribution in [0.3, 0.4) is 0 Å². The molecule has 0 aliphatic rings. The zero-order valence-electron chi connectivity index (χ0n) is 16.1. The van der Waals surface area contributed by atoms with Crippen molar-refractivity contribution in [1.29, 1.82) is 0 Å². The summed E-state index contributed by atoms with van der Waals surface area (Å²) in [6.07, 6.45) is 9.80. The maximum atomic E-state index is 13.5. The molecule has 0 spiro atoms. The van der Waals surface area contributed by atoms with Crippen molar-refractivity contribution in [3.8, 4) is 5.82 Å². The fraction of sp³-hybridized carbons (Fsp3) is 0.190. The summed E-state index contributed by atoms with van der Waals surface area (Å²) in [6.45, 7) is 1.29. The molecule has 148 valence electrons. The second kappa shape index (κ2) is 8.55. The van der Waals surface area contributed by atoms with Crippen LogP contribution in [0.25, 0.3) is 16.7 Å². The summed E-state index contributed by atoms with van der Waals surface area (Å²) in [5.41, 5.74) is 3.06. The van der Waals surface area contributed by atoms with E-state index in [1.165, 1.54) is 6.07 Å². The van der Waals surface area contributed by atoms with E-state index in [1.54, 1.807) is 31.7 Å². The SMILES string of the molecule is CN=C(NCCc1c[nH]c2ccc(F)cc12)NCc1ccc(-n2ccnc2)nc1. The quantitative estimate of drug-likeness (QED) is 0.349. The number of halogens is 1. The molecule has 0 amide bonds. The molecule has 0 unspecified atom stereocenters. The van der Waals surface area contributed by atoms with Gasteiger partial charge in [0, 0.05) is 55.8 Å². The first kappa shape index (κ1) is 18.7. The molecule has 0 atom stereocenters. The number of pyridine rings is 1. The Kier molecular flexibility index (Phi) is 5.51. The van der Waals surface area contributed by atoms with Crippen LogP contribution >= 0.6 is 0 Å². The van der Waals surface area contributed by atoms with Crippen LogP contribution in [0.15, 0.2) is 66.4 Å². The fourth-order valence-electron chi connectivity index (χ4n) is 3.15. The number of imidazole rings is 1. The molecule has 0 fully saturated rings. The third-order valence-corrected chi connectivity index (χ3v) is 4.68. The molecule has 29 heavy (non-hydrogen) atoms. The number of benzene rings is 1. The van der Waals surface area contributed by atoms with E-state index < -0.39 is 0 Å². The average Bonchev–Trinajstić information content (AvgIpc) is 3.41. The lowest BCUT2D eigenvalue weighted by Gasteiger charge is -2.12. The van der Waals surface area contributed by atoms with Crippen molar-refractivity contribution in [2.45, 2.75) is 13.0 Å². The van der Waals surface area contributed by atoms with Gasteiger partial charge >= 0.3 is 0 Å². The van der Waals surface area contributed by atoms with Gasteiger partial charge in [0.15, 0.2) is 5.96 Å². The summed E-state index contributed by atoms with van der Waals surface area (Å²) in [6, 6.07) is 8.75. The van der Waals surface area contributed by atoms with Gasteiger partial charge in [-0.05, 0) is 41.8 Å². The number of rotatable bonds is 6. The topological polar surface area (TPSA) is 82.9 Å². The van der Waals surface area contributed by atoms with E-state index in [0.29, 0.717) is 19.0 Å². The summed E-state index contributed by atoms with van der Waals surface area (Å²) >= 11 is 0. The van der Waals surface area contributed by atoms with Crippen LogP contribution in [0.2, 0.25) is 0 Å². The lowest BCUT2D eigenvalue weighted by molar-refractivity contribution is 0.629. The summed E-state index contributed by atoms with van der Waals surface area (Å²) in [4.78, 5) is 15.9. The van der Waals surface area contributed by atoms with Crippen molar-refractivity contribution in [2.75, 3.05) is 13.6 Å². The first-order valence-corrected chi connectivity index (χ1v) is 9.36. The molecule has 7 nitrogen and oxygen atoms in total. The molecule has 0 bridgehead atoms. The predicted molar refractivity (Wildman–Crippen MR) is 112 cm³/mol. The van der Waals surface area contributed by atoms with Crippen molar-refractivity contribution >= 4 is 16.9 Å². The normalized spacial score (nSPS) is 11.7. The van der Waals surface area contributed by atoms with Crippen LogP contribution in [-0.2, 0) is 13.0 Å². The molecule has 8 heteroatoms.